The molecule has 108 valence electrons. The van der Waals surface area contributed by atoms with Gasteiger partial charge in [-0.2, -0.15) is 0 Å². The molecule has 1 heterocycles. The zero-order valence-corrected chi connectivity index (χ0v) is 12.1. The van der Waals surface area contributed by atoms with Crippen molar-refractivity contribution >= 4 is 17.5 Å². The van der Waals surface area contributed by atoms with Gasteiger partial charge in [-0.15, -0.1) is 0 Å². The number of anilines is 1. The van der Waals surface area contributed by atoms with Gasteiger partial charge in [-0.3, -0.25) is 9.59 Å². The molecule has 1 aliphatic heterocycles. The predicted molar refractivity (Wildman–Crippen MR) is 79.4 cm³/mol. The fourth-order valence-electron chi connectivity index (χ4n) is 2.64. The molecule has 20 heavy (non-hydrogen) atoms. The number of hydrogen-bond acceptors (Lipinski definition) is 2. The van der Waals surface area contributed by atoms with Crippen LogP contribution >= 0.6 is 0 Å². The van der Waals surface area contributed by atoms with Gasteiger partial charge in [0.05, 0.1) is 6.04 Å². The largest absolute Gasteiger partial charge is 0.351 e. The molecule has 1 aromatic rings. The molecule has 1 aromatic carbocycles. The van der Waals surface area contributed by atoms with Gasteiger partial charge in [0.2, 0.25) is 11.8 Å². The highest BCUT2D eigenvalue weighted by molar-refractivity contribution is 5.96. The zero-order chi connectivity index (χ0) is 14.5. The van der Waals surface area contributed by atoms with Gasteiger partial charge in [-0.05, 0) is 25.0 Å². The van der Waals surface area contributed by atoms with E-state index in [-0.39, 0.29) is 23.8 Å². The first-order valence-electron chi connectivity index (χ1n) is 7.31. The van der Waals surface area contributed by atoms with Gasteiger partial charge >= 0.3 is 0 Å². The van der Waals surface area contributed by atoms with Crippen molar-refractivity contribution in [2.24, 2.45) is 5.92 Å². The summed E-state index contributed by atoms with van der Waals surface area (Å²) in [6.45, 7) is 4.60. The quantitative estimate of drug-likeness (QED) is 0.896. The number of benzene rings is 1. The lowest BCUT2D eigenvalue weighted by Crippen LogP contribution is -2.40. The second-order valence-corrected chi connectivity index (χ2v) is 5.26. The molecule has 0 spiro atoms. The zero-order valence-electron chi connectivity index (χ0n) is 12.1. The van der Waals surface area contributed by atoms with Crippen LogP contribution in [0.25, 0.3) is 0 Å². The third kappa shape index (κ3) is 3.18. The van der Waals surface area contributed by atoms with Gasteiger partial charge in [0, 0.05) is 24.6 Å². The summed E-state index contributed by atoms with van der Waals surface area (Å²) in [5.74, 6) is 0.199. The lowest BCUT2D eigenvalue weighted by molar-refractivity contribution is -0.125. The Kier molecular flexibility index (Phi) is 4.77. The maximum Gasteiger partial charge on any atom is 0.229 e. The number of para-hydroxylation sites is 1. The van der Waals surface area contributed by atoms with Gasteiger partial charge in [0.25, 0.3) is 0 Å². The van der Waals surface area contributed by atoms with Crippen molar-refractivity contribution in [1.29, 1.82) is 0 Å². The minimum Gasteiger partial charge on any atom is -0.351 e. The molecule has 0 aromatic heterocycles. The van der Waals surface area contributed by atoms with Gasteiger partial charge in [-0.1, -0.05) is 32.0 Å². The topological polar surface area (TPSA) is 49.4 Å². The van der Waals surface area contributed by atoms with E-state index in [0.29, 0.717) is 13.0 Å². The lowest BCUT2D eigenvalue weighted by Gasteiger charge is -2.19. The van der Waals surface area contributed by atoms with Gasteiger partial charge in [0.1, 0.15) is 0 Å². The molecule has 1 atom stereocenters. The number of carbonyl (C=O) groups is 2. The van der Waals surface area contributed by atoms with Crippen LogP contribution in [0.4, 0.5) is 5.69 Å². The predicted octanol–water partition coefficient (Wildman–Crippen LogP) is 2.34. The van der Waals surface area contributed by atoms with Gasteiger partial charge < -0.3 is 10.2 Å². The molecule has 1 N–H and O–H groups in total. The summed E-state index contributed by atoms with van der Waals surface area (Å²) in [5.41, 5.74) is 0.900. The van der Waals surface area contributed by atoms with Gasteiger partial charge in [-0.25, -0.2) is 0 Å². The Balaban J connectivity index is 1.97. The van der Waals surface area contributed by atoms with Crippen LogP contribution in [0.2, 0.25) is 0 Å². The molecule has 0 aliphatic carbocycles. The summed E-state index contributed by atoms with van der Waals surface area (Å²) in [4.78, 5) is 25.9. The summed E-state index contributed by atoms with van der Waals surface area (Å²) in [6.07, 6.45) is 2.07. The third-order valence-corrected chi connectivity index (χ3v) is 3.90. The summed E-state index contributed by atoms with van der Waals surface area (Å²) >= 11 is 0. The molecule has 1 aliphatic rings. The van der Waals surface area contributed by atoms with Crippen molar-refractivity contribution < 1.29 is 9.59 Å². The number of nitrogens with one attached hydrogen (secondary N) is 1. The number of hydrogen-bond donors (Lipinski definition) is 1. The Bertz CT molecular complexity index is 469. The van der Waals surface area contributed by atoms with E-state index in [9.17, 15) is 9.59 Å². The van der Waals surface area contributed by atoms with E-state index in [2.05, 4.69) is 5.32 Å². The minimum absolute atomic E-state index is 0.0517. The normalized spacial score (nSPS) is 18.6. The number of amides is 2. The van der Waals surface area contributed by atoms with Crippen LogP contribution in [0.1, 0.15) is 33.1 Å². The van der Waals surface area contributed by atoms with Crippen molar-refractivity contribution in [2.45, 2.75) is 39.2 Å². The van der Waals surface area contributed by atoms with Crippen LogP contribution < -0.4 is 10.2 Å². The summed E-state index contributed by atoms with van der Waals surface area (Å²) in [6, 6.07) is 9.52. The Hall–Kier alpha value is -1.84. The second kappa shape index (κ2) is 6.55. The molecular weight excluding hydrogens is 252 g/mol. The van der Waals surface area contributed by atoms with Crippen LogP contribution in [0.5, 0.6) is 0 Å². The molecule has 0 bridgehead atoms. The van der Waals surface area contributed by atoms with Crippen LogP contribution in [0, 0.1) is 5.92 Å². The molecule has 4 heteroatoms. The number of nitrogens with zero attached hydrogens (tertiary/aromatic N) is 1. The Morgan fingerprint density at radius 2 is 1.95 bits per heavy atom. The van der Waals surface area contributed by atoms with E-state index >= 15 is 0 Å². The van der Waals surface area contributed by atoms with Crippen molar-refractivity contribution in [2.75, 3.05) is 11.4 Å². The van der Waals surface area contributed by atoms with Gasteiger partial charge in [0.15, 0.2) is 0 Å². The SMILES string of the molecule is CCC(CC)C(=O)N[C@@H]1CC(=O)N(c2ccccc2)C1. The second-order valence-electron chi connectivity index (χ2n) is 5.26. The van der Waals surface area contributed by atoms with Crippen LogP contribution in [0.3, 0.4) is 0 Å². The fraction of sp³-hybridized carbons (Fsp3) is 0.500. The highest BCUT2D eigenvalue weighted by atomic mass is 16.2. The van der Waals surface area contributed by atoms with E-state index in [1.807, 2.05) is 44.2 Å². The molecule has 0 unspecified atom stereocenters. The van der Waals surface area contributed by atoms with E-state index in [1.54, 1.807) is 4.90 Å². The third-order valence-electron chi connectivity index (χ3n) is 3.90. The highest BCUT2D eigenvalue weighted by Gasteiger charge is 2.32. The average Bonchev–Trinajstić information content (AvgIpc) is 2.82. The fourth-order valence-corrected chi connectivity index (χ4v) is 2.64. The maximum absolute atomic E-state index is 12.1. The molecule has 4 nitrogen and oxygen atoms in total. The van der Waals surface area contributed by atoms with Crippen molar-refractivity contribution in [3.8, 4) is 0 Å². The lowest BCUT2D eigenvalue weighted by atomic mass is 10.0. The van der Waals surface area contributed by atoms with Crippen molar-refractivity contribution in [3.05, 3.63) is 30.3 Å². The first kappa shape index (κ1) is 14.6. The highest BCUT2D eigenvalue weighted by Crippen LogP contribution is 2.21. The molecule has 0 radical (unpaired) electrons. The minimum atomic E-state index is -0.0733. The van der Waals surface area contributed by atoms with E-state index in [4.69, 9.17) is 0 Å². The molecule has 1 saturated heterocycles. The van der Waals surface area contributed by atoms with Crippen LogP contribution in [-0.2, 0) is 9.59 Å². The smallest absolute Gasteiger partial charge is 0.229 e. The van der Waals surface area contributed by atoms with E-state index in [0.717, 1.165) is 18.5 Å². The Morgan fingerprint density at radius 3 is 2.55 bits per heavy atom. The van der Waals surface area contributed by atoms with E-state index < -0.39 is 0 Å². The van der Waals surface area contributed by atoms with Crippen molar-refractivity contribution in [1.82, 2.24) is 5.32 Å². The first-order valence-corrected chi connectivity index (χ1v) is 7.31. The van der Waals surface area contributed by atoms with Crippen molar-refractivity contribution in [3.63, 3.8) is 0 Å². The number of rotatable bonds is 5. The standard InChI is InChI=1S/C16H22N2O2/c1-3-12(4-2)16(20)17-13-10-15(19)18(11-13)14-8-6-5-7-9-14/h5-9,12-13H,3-4,10-11H2,1-2H3,(H,17,20)/t13-/m1/s1. The Morgan fingerprint density at radius 1 is 1.30 bits per heavy atom. The molecular formula is C16H22N2O2. The average molecular weight is 274 g/mol. The summed E-state index contributed by atoms with van der Waals surface area (Å²) < 4.78 is 0. The van der Waals surface area contributed by atoms with Crippen LogP contribution in [0.15, 0.2) is 30.3 Å². The molecule has 0 saturated carbocycles. The molecule has 2 rings (SSSR count). The first-order chi connectivity index (χ1) is 9.65. The maximum atomic E-state index is 12.1. The molecule has 1 fully saturated rings. The van der Waals surface area contributed by atoms with Crippen LogP contribution in [-0.4, -0.2) is 24.4 Å². The number of carbonyl (C=O) groups excluding carboxylic acids is 2. The Labute approximate surface area is 120 Å². The summed E-state index contributed by atoms with van der Waals surface area (Å²) in [5, 5.41) is 3.01. The summed E-state index contributed by atoms with van der Waals surface area (Å²) in [7, 11) is 0. The van der Waals surface area contributed by atoms with E-state index in [1.165, 1.54) is 0 Å². The molecule has 2 amide bonds. The monoisotopic (exact) mass is 274 g/mol.